The average Bonchev–Trinajstić information content (AvgIpc) is 2.79. The molecular formula is C13H21N3O4S. The molecule has 2 rings (SSSR count). The van der Waals surface area contributed by atoms with Crippen LogP contribution in [0.15, 0.2) is 9.42 Å². The first-order valence-electron chi connectivity index (χ1n) is 7.08. The van der Waals surface area contributed by atoms with Crippen molar-refractivity contribution < 1.29 is 17.7 Å². The summed E-state index contributed by atoms with van der Waals surface area (Å²) in [6, 6.07) is 0. The molecule has 0 aromatic carbocycles. The van der Waals surface area contributed by atoms with Gasteiger partial charge in [-0.3, -0.25) is 4.79 Å². The Morgan fingerprint density at radius 2 is 1.86 bits per heavy atom. The normalized spacial score (nSPS) is 17.2. The van der Waals surface area contributed by atoms with Crippen molar-refractivity contribution in [2.45, 2.75) is 38.5 Å². The molecule has 0 aliphatic carbocycles. The molecule has 0 atom stereocenters. The van der Waals surface area contributed by atoms with Crippen LogP contribution in [0.3, 0.4) is 0 Å². The van der Waals surface area contributed by atoms with E-state index in [1.54, 1.807) is 18.7 Å². The molecule has 0 N–H and O–H groups in total. The lowest BCUT2D eigenvalue weighted by molar-refractivity contribution is -0.132. The standard InChI is InChI=1S/C13H21N3O4S/c1-4-5-12(17)15-6-8-16(9-7-15)21(18,19)13-10(2)14-20-11(13)3/h4-9H2,1-3H3. The van der Waals surface area contributed by atoms with Crippen molar-refractivity contribution in [3.05, 3.63) is 11.5 Å². The number of piperazine rings is 1. The molecule has 1 aromatic heterocycles. The summed E-state index contributed by atoms with van der Waals surface area (Å²) in [4.78, 5) is 13.7. The summed E-state index contributed by atoms with van der Waals surface area (Å²) >= 11 is 0. The van der Waals surface area contributed by atoms with E-state index in [1.807, 2.05) is 6.92 Å². The van der Waals surface area contributed by atoms with Crippen LogP contribution in [0.1, 0.15) is 31.2 Å². The molecule has 0 radical (unpaired) electrons. The number of carbonyl (C=O) groups is 1. The van der Waals surface area contributed by atoms with E-state index >= 15 is 0 Å². The Bertz CT molecular complexity index is 596. The second kappa shape index (κ2) is 6.15. The minimum absolute atomic E-state index is 0.0897. The molecule has 2 heterocycles. The van der Waals surface area contributed by atoms with Gasteiger partial charge in [-0.05, 0) is 20.3 Å². The van der Waals surface area contributed by atoms with Gasteiger partial charge in [-0.15, -0.1) is 0 Å². The topological polar surface area (TPSA) is 83.7 Å². The Hall–Kier alpha value is -1.41. The summed E-state index contributed by atoms with van der Waals surface area (Å²) in [7, 11) is -3.60. The van der Waals surface area contributed by atoms with E-state index < -0.39 is 10.0 Å². The minimum Gasteiger partial charge on any atom is -0.360 e. The molecule has 1 fully saturated rings. The maximum Gasteiger partial charge on any atom is 0.248 e. The summed E-state index contributed by atoms with van der Waals surface area (Å²) in [5, 5.41) is 3.70. The number of rotatable bonds is 4. The van der Waals surface area contributed by atoms with Crippen LogP contribution in [0.25, 0.3) is 0 Å². The largest absolute Gasteiger partial charge is 0.360 e. The van der Waals surface area contributed by atoms with Crippen LogP contribution in [0.5, 0.6) is 0 Å². The van der Waals surface area contributed by atoms with E-state index in [-0.39, 0.29) is 10.8 Å². The molecule has 1 aliphatic heterocycles. The Morgan fingerprint density at radius 3 is 2.33 bits per heavy atom. The van der Waals surface area contributed by atoms with Gasteiger partial charge in [0.25, 0.3) is 0 Å². The fraction of sp³-hybridized carbons (Fsp3) is 0.692. The Kier molecular flexibility index (Phi) is 4.67. The highest BCUT2D eigenvalue weighted by Crippen LogP contribution is 2.24. The van der Waals surface area contributed by atoms with Gasteiger partial charge in [0, 0.05) is 32.6 Å². The summed E-state index contributed by atoms with van der Waals surface area (Å²) < 4.78 is 31.6. The Morgan fingerprint density at radius 1 is 1.24 bits per heavy atom. The Labute approximate surface area is 124 Å². The zero-order chi connectivity index (χ0) is 15.6. The minimum atomic E-state index is -3.60. The Balaban J connectivity index is 2.10. The lowest BCUT2D eigenvalue weighted by Crippen LogP contribution is -2.50. The van der Waals surface area contributed by atoms with Gasteiger partial charge in [-0.2, -0.15) is 4.31 Å². The van der Waals surface area contributed by atoms with Crippen molar-refractivity contribution in [1.29, 1.82) is 0 Å². The first kappa shape index (κ1) is 16.0. The second-order valence-corrected chi connectivity index (χ2v) is 7.06. The summed E-state index contributed by atoms with van der Waals surface area (Å²) in [6.45, 7) is 6.64. The van der Waals surface area contributed by atoms with Crippen LogP contribution in [-0.4, -0.2) is 54.9 Å². The van der Waals surface area contributed by atoms with Gasteiger partial charge in [-0.25, -0.2) is 8.42 Å². The molecule has 21 heavy (non-hydrogen) atoms. The number of nitrogens with zero attached hydrogens (tertiary/aromatic N) is 3. The number of hydrogen-bond donors (Lipinski definition) is 0. The third kappa shape index (κ3) is 3.11. The number of sulfonamides is 1. The summed E-state index contributed by atoms with van der Waals surface area (Å²) in [5.74, 6) is 0.392. The quantitative estimate of drug-likeness (QED) is 0.825. The molecule has 0 bridgehead atoms. The predicted octanol–water partition coefficient (Wildman–Crippen LogP) is 0.924. The lowest BCUT2D eigenvalue weighted by atomic mass is 10.2. The fourth-order valence-electron chi connectivity index (χ4n) is 2.52. The van der Waals surface area contributed by atoms with E-state index in [9.17, 15) is 13.2 Å². The van der Waals surface area contributed by atoms with Gasteiger partial charge in [0.05, 0.1) is 0 Å². The number of aromatic nitrogens is 1. The van der Waals surface area contributed by atoms with Crippen molar-refractivity contribution in [1.82, 2.24) is 14.4 Å². The molecular weight excluding hydrogens is 294 g/mol. The van der Waals surface area contributed by atoms with Crippen molar-refractivity contribution in [3.63, 3.8) is 0 Å². The summed E-state index contributed by atoms with van der Waals surface area (Å²) in [6.07, 6.45) is 1.31. The van der Waals surface area contributed by atoms with Gasteiger partial charge in [0.1, 0.15) is 10.6 Å². The van der Waals surface area contributed by atoms with Gasteiger partial charge in [0.2, 0.25) is 15.9 Å². The third-order valence-corrected chi connectivity index (χ3v) is 5.76. The van der Waals surface area contributed by atoms with Crippen LogP contribution in [0.4, 0.5) is 0 Å². The van der Waals surface area contributed by atoms with E-state index in [1.165, 1.54) is 4.31 Å². The maximum absolute atomic E-state index is 12.6. The van der Waals surface area contributed by atoms with Crippen LogP contribution in [-0.2, 0) is 14.8 Å². The van der Waals surface area contributed by atoms with E-state index in [0.29, 0.717) is 44.1 Å². The highest BCUT2D eigenvalue weighted by Gasteiger charge is 2.33. The third-order valence-electron chi connectivity index (χ3n) is 3.62. The van der Waals surface area contributed by atoms with Crippen molar-refractivity contribution in [2.24, 2.45) is 0 Å². The maximum atomic E-state index is 12.6. The second-order valence-electron chi connectivity index (χ2n) is 5.19. The molecule has 8 heteroatoms. The van der Waals surface area contributed by atoms with Crippen LogP contribution in [0.2, 0.25) is 0 Å². The average molecular weight is 315 g/mol. The zero-order valence-corrected chi connectivity index (χ0v) is 13.4. The van der Waals surface area contributed by atoms with Crippen molar-refractivity contribution in [2.75, 3.05) is 26.2 Å². The molecule has 1 aliphatic rings. The smallest absolute Gasteiger partial charge is 0.248 e. The monoisotopic (exact) mass is 315 g/mol. The number of carbonyl (C=O) groups excluding carboxylic acids is 1. The first-order chi connectivity index (χ1) is 9.87. The molecule has 1 amide bonds. The van der Waals surface area contributed by atoms with Crippen molar-refractivity contribution >= 4 is 15.9 Å². The number of hydrogen-bond acceptors (Lipinski definition) is 5. The van der Waals surface area contributed by atoms with Crippen LogP contribution in [0, 0.1) is 13.8 Å². The molecule has 118 valence electrons. The van der Waals surface area contributed by atoms with Gasteiger partial charge in [-0.1, -0.05) is 12.1 Å². The molecule has 0 saturated carbocycles. The number of amides is 1. The van der Waals surface area contributed by atoms with Gasteiger partial charge in [0.15, 0.2) is 5.76 Å². The van der Waals surface area contributed by atoms with Gasteiger partial charge >= 0.3 is 0 Å². The molecule has 1 saturated heterocycles. The van der Waals surface area contributed by atoms with Gasteiger partial charge < -0.3 is 9.42 Å². The van der Waals surface area contributed by atoms with E-state index in [2.05, 4.69) is 5.16 Å². The summed E-state index contributed by atoms with van der Waals surface area (Å²) in [5.41, 5.74) is 0.372. The molecule has 7 nitrogen and oxygen atoms in total. The predicted molar refractivity (Wildman–Crippen MR) is 76.2 cm³/mol. The molecule has 0 unspecified atom stereocenters. The van der Waals surface area contributed by atoms with Crippen molar-refractivity contribution in [3.8, 4) is 0 Å². The van der Waals surface area contributed by atoms with E-state index in [4.69, 9.17) is 4.52 Å². The first-order valence-corrected chi connectivity index (χ1v) is 8.52. The SMILES string of the molecule is CCCC(=O)N1CCN(S(=O)(=O)c2c(C)noc2C)CC1. The highest BCUT2D eigenvalue weighted by molar-refractivity contribution is 7.89. The number of aryl methyl sites for hydroxylation is 2. The van der Waals surface area contributed by atoms with Crippen LogP contribution >= 0.6 is 0 Å². The molecule has 0 spiro atoms. The highest BCUT2D eigenvalue weighted by atomic mass is 32.2. The lowest BCUT2D eigenvalue weighted by Gasteiger charge is -2.33. The van der Waals surface area contributed by atoms with E-state index in [0.717, 1.165) is 6.42 Å². The van der Waals surface area contributed by atoms with Crippen LogP contribution < -0.4 is 0 Å². The molecule has 1 aromatic rings. The zero-order valence-electron chi connectivity index (χ0n) is 12.6. The fourth-order valence-corrected chi connectivity index (χ4v) is 4.24.